The quantitative estimate of drug-likeness (QED) is 0.480. The van der Waals surface area contributed by atoms with E-state index < -0.39 is 0 Å². The second kappa shape index (κ2) is 4.98. The molecular formula is C19H14N5O+. The van der Waals surface area contributed by atoms with E-state index in [0.29, 0.717) is 16.9 Å². The van der Waals surface area contributed by atoms with Gasteiger partial charge in [-0.1, -0.05) is 40.2 Å². The number of para-hydroxylation sites is 3. The standard InChI is InChI=1S/C19H13N5O/c1-12-18-19(25)23(14-10-13-6-2-3-7-15(13)20-11-14)22-24(18)17-9-5-4-8-16(17)21-12/h2-11H,1H3/p+1. The van der Waals surface area contributed by atoms with Crippen molar-refractivity contribution in [3.8, 4) is 5.69 Å². The van der Waals surface area contributed by atoms with Crippen LogP contribution in [-0.4, -0.2) is 19.9 Å². The molecule has 0 amide bonds. The summed E-state index contributed by atoms with van der Waals surface area (Å²) in [7, 11) is 0. The van der Waals surface area contributed by atoms with E-state index in [2.05, 4.69) is 15.2 Å². The van der Waals surface area contributed by atoms with Crippen LogP contribution < -0.4 is 10.1 Å². The van der Waals surface area contributed by atoms with E-state index in [-0.39, 0.29) is 5.56 Å². The molecule has 0 atom stereocenters. The van der Waals surface area contributed by atoms with E-state index in [1.807, 2.05) is 61.5 Å². The Morgan fingerprint density at radius 3 is 2.68 bits per heavy atom. The van der Waals surface area contributed by atoms with Crippen molar-refractivity contribution in [3.05, 3.63) is 76.8 Å². The summed E-state index contributed by atoms with van der Waals surface area (Å²) in [6.07, 6.45) is 1.70. The van der Waals surface area contributed by atoms with Crippen LogP contribution in [0, 0.1) is 6.92 Å². The van der Waals surface area contributed by atoms with Crippen LogP contribution in [0.1, 0.15) is 5.69 Å². The zero-order chi connectivity index (χ0) is 17.0. The summed E-state index contributed by atoms with van der Waals surface area (Å²) in [6, 6.07) is 17.5. The average molecular weight is 328 g/mol. The highest BCUT2D eigenvalue weighted by molar-refractivity contribution is 5.80. The molecule has 3 aromatic heterocycles. The van der Waals surface area contributed by atoms with Crippen LogP contribution in [0.5, 0.6) is 0 Å². The number of nitrogens with zero attached hydrogens (tertiary/aromatic N) is 4. The molecular weight excluding hydrogens is 314 g/mol. The lowest BCUT2D eigenvalue weighted by molar-refractivity contribution is -0.556. The number of nitrogens with one attached hydrogen (secondary N) is 1. The maximum absolute atomic E-state index is 13.0. The number of fused-ring (bicyclic) bond motifs is 4. The molecule has 5 rings (SSSR count). The van der Waals surface area contributed by atoms with Gasteiger partial charge in [0.1, 0.15) is 5.52 Å². The van der Waals surface area contributed by atoms with E-state index >= 15 is 0 Å². The predicted octanol–water partition coefficient (Wildman–Crippen LogP) is 2.31. The summed E-state index contributed by atoms with van der Waals surface area (Å²) >= 11 is 0. The summed E-state index contributed by atoms with van der Waals surface area (Å²) in [5, 5.41) is 4.15. The highest BCUT2D eigenvalue weighted by Gasteiger charge is 2.22. The lowest BCUT2D eigenvalue weighted by Crippen LogP contribution is -2.27. The first-order valence-electron chi connectivity index (χ1n) is 8.00. The van der Waals surface area contributed by atoms with Gasteiger partial charge in [0.05, 0.1) is 17.4 Å². The summed E-state index contributed by atoms with van der Waals surface area (Å²) in [5.74, 6) is 0. The van der Waals surface area contributed by atoms with E-state index in [0.717, 1.165) is 21.9 Å². The largest absolute Gasteiger partial charge is 0.408 e. The molecule has 0 unspecified atom stereocenters. The van der Waals surface area contributed by atoms with Crippen LogP contribution in [0.25, 0.3) is 33.1 Å². The van der Waals surface area contributed by atoms with Crippen LogP contribution in [-0.2, 0) is 0 Å². The summed E-state index contributed by atoms with van der Waals surface area (Å²) in [4.78, 5) is 22.0. The van der Waals surface area contributed by atoms with E-state index in [1.54, 1.807) is 10.7 Å². The molecule has 5 aromatic rings. The van der Waals surface area contributed by atoms with Crippen molar-refractivity contribution >= 4 is 27.5 Å². The lowest BCUT2D eigenvalue weighted by Gasteiger charge is -1.98. The Balaban J connectivity index is 1.87. The van der Waals surface area contributed by atoms with Gasteiger partial charge >= 0.3 is 5.56 Å². The minimum Gasteiger partial charge on any atom is -0.252 e. The maximum Gasteiger partial charge on any atom is 0.408 e. The van der Waals surface area contributed by atoms with Gasteiger partial charge in [-0.3, -0.25) is 4.98 Å². The summed E-state index contributed by atoms with van der Waals surface area (Å²) in [5.41, 5.74) is 4.35. The molecule has 3 heterocycles. The third-order valence-electron chi connectivity index (χ3n) is 4.42. The molecule has 2 aromatic carbocycles. The molecule has 0 aliphatic heterocycles. The van der Waals surface area contributed by atoms with Crippen molar-refractivity contribution in [2.24, 2.45) is 0 Å². The normalized spacial score (nSPS) is 11.6. The Hall–Kier alpha value is -3.54. The summed E-state index contributed by atoms with van der Waals surface area (Å²) in [6.45, 7) is 1.85. The van der Waals surface area contributed by atoms with Crippen molar-refractivity contribution in [1.82, 2.24) is 19.9 Å². The smallest absolute Gasteiger partial charge is 0.252 e. The van der Waals surface area contributed by atoms with Crippen LogP contribution in [0.4, 0.5) is 0 Å². The Labute approximate surface area is 142 Å². The monoisotopic (exact) mass is 328 g/mol. The second-order valence-corrected chi connectivity index (χ2v) is 6.00. The number of hydrogen-bond donors (Lipinski definition) is 1. The molecule has 0 saturated heterocycles. The molecule has 0 bridgehead atoms. The van der Waals surface area contributed by atoms with Gasteiger partial charge in [0.15, 0.2) is 11.2 Å². The minimum absolute atomic E-state index is 0.146. The SMILES string of the molecule is Cc1nc2ccccc2[n+]2[nH]n(-c3cnc4ccccc4c3)c(=O)c12. The van der Waals surface area contributed by atoms with Crippen LogP contribution in [0.2, 0.25) is 0 Å². The first-order chi connectivity index (χ1) is 12.2. The van der Waals surface area contributed by atoms with Crippen LogP contribution in [0.3, 0.4) is 0 Å². The number of benzene rings is 2. The summed E-state index contributed by atoms with van der Waals surface area (Å²) < 4.78 is 3.30. The van der Waals surface area contributed by atoms with Gasteiger partial charge in [-0.25, -0.2) is 9.78 Å². The average Bonchev–Trinajstić information content (AvgIpc) is 3.00. The molecule has 0 radical (unpaired) electrons. The molecule has 0 aliphatic carbocycles. The zero-order valence-electron chi connectivity index (χ0n) is 13.5. The molecule has 120 valence electrons. The fourth-order valence-corrected chi connectivity index (χ4v) is 3.23. The molecule has 0 saturated carbocycles. The highest BCUT2D eigenvalue weighted by atomic mass is 16.1. The molecule has 25 heavy (non-hydrogen) atoms. The van der Waals surface area contributed by atoms with E-state index in [4.69, 9.17) is 0 Å². The zero-order valence-corrected chi connectivity index (χ0v) is 13.5. The number of H-pyrrole nitrogens is 1. The molecule has 0 aliphatic rings. The number of hydrogen-bond acceptors (Lipinski definition) is 3. The van der Waals surface area contributed by atoms with Crippen molar-refractivity contribution in [2.45, 2.75) is 6.92 Å². The van der Waals surface area contributed by atoms with Crippen molar-refractivity contribution in [2.75, 3.05) is 0 Å². The number of aromatic nitrogens is 5. The maximum atomic E-state index is 13.0. The molecule has 0 spiro atoms. The Morgan fingerprint density at radius 2 is 1.80 bits per heavy atom. The third kappa shape index (κ3) is 1.97. The molecule has 6 heteroatoms. The highest BCUT2D eigenvalue weighted by Crippen LogP contribution is 2.15. The Morgan fingerprint density at radius 1 is 1.04 bits per heavy atom. The number of pyridine rings is 1. The number of aromatic amines is 1. The topological polar surface area (TPSA) is 67.7 Å². The molecule has 6 nitrogen and oxygen atoms in total. The van der Waals surface area contributed by atoms with Gasteiger partial charge in [0.2, 0.25) is 0 Å². The predicted molar refractivity (Wildman–Crippen MR) is 94.9 cm³/mol. The Bertz CT molecular complexity index is 1330. The van der Waals surface area contributed by atoms with Gasteiger partial charge in [-0.15, -0.1) is 4.52 Å². The number of rotatable bonds is 1. The Kier molecular flexibility index (Phi) is 2.76. The van der Waals surface area contributed by atoms with Crippen molar-refractivity contribution < 1.29 is 4.52 Å². The van der Waals surface area contributed by atoms with Crippen LogP contribution in [0.15, 0.2) is 65.6 Å². The van der Waals surface area contributed by atoms with Crippen molar-refractivity contribution in [1.29, 1.82) is 0 Å². The fourth-order valence-electron chi connectivity index (χ4n) is 3.23. The second-order valence-electron chi connectivity index (χ2n) is 6.00. The number of aryl methyl sites for hydroxylation is 1. The van der Waals surface area contributed by atoms with Crippen LogP contribution >= 0.6 is 0 Å². The van der Waals surface area contributed by atoms with Gasteiger partial charge in [0, 0.05) is 5.39 Å². The van der Waals surface area contributed by atoms with Crippen molar-refractivity contribution in [3.63, 3.8) is 0 Å². The van der Waals surface area contributed by atoms with Gasteiger partial charge in [-0.2, -0.15) is 0 Å². The third-order valence-corrected chi connectivity index (χ3v) is 4.42. The molecule has 0 fully saturated rings. The lowest BCUT2D eigenvalue weighted by atomic mass is 10.2. The molecule has 1 N–H and O–H groups in total. The first-order valence-corrected chi connectivity index (χ1v) is 8.00. The first kappa shape index (κ1) is 13.9. The van der Waals surface area contributed by atoms with Gasteiger partial charge < -0.3 is 0 Å². The van der Waals surface area contributed by atoms with E-state index in [1.165, 1.54) is 4.68 Å². The van der Waals surface area contributed by atoms with Gasteiger partial charge in [0.25, 0.3) is 5.52 Å². The fraction of sp³-hybridized carbons (Fsp3) is 0.0526. The minimum atomic E-state index is -0.146. The van der Waals surface area contributed by atoms with E-state index in [9.17, 15) is 4.79 Å². The van der Waals surface area contributed by atoms with Gasteiger partial charge in [-0.05, 0) is 31.2 Å².